The van der Waals surface area contributed by atoms with E-state index in [2.05, 4.69) is 4.72 Å². The smallest absolute Gasteiger partial charge is 0.265 e. The Labute approximate surface area is 151 Å². The number of rotatable bonds is 5. The summed E-state index contributed by atoms with van der Waals surface area (Å²) in [4.78, 5) is 13.8. The van der Waals surface area contributed by atoms with Crippen LogP contribution in [-0.2, 0) is 14.8 Å². The largest absolute Gasteiger partial charge is 0.482 e. The number of amides is 1. The highest BCUT2D eigenvalue weighted by molar-refractivity contribution is 7.92. The van der Waals surface area contributed by atoms with Crippen molar-refractivity contribution in [2.24, 2.45) is 0 Å². The molecule has 2 aromatic rings. The Hall–Kier alpha value is -2.25. The molecule has 1 amide bonds. The summed E-state index contributed by atoms with van der Waals surface area (Å²) in [5.41, 5.74) is 0.919. The predicted octanol–water partition coefficient (Wildman–Crippen LogP) is 3.28. The summed E-state index contributed by atoms with van der Waals surface area (Å²) in [7, 11) is -3.75. The Morgan fingerprint density at radius 1 is 1.20 bits per heavy atom. The van der Waals surface area contributed by atoms with Crippen molar-refractivity contribution < 1.29 is 17.9 Å². The van der Waals surface area contributed by atoms with Crippen LogP contribution in [-0.4, -0.2) is 27.5 Å². The van der Waals surface area contributed by atoms with Gasteiger partial charge in [-0.15, -0.1) is 0 Å². The zero-order valence-electron chi connectivity index (χ0n) is 13.5. The van der Waals surface area contributed by atoms with E-state index < -0.39 is 10.0 Å². The van der Waals surface area contributed by atoms with Crippen LogP contribution in [0.25, 0.3) is 0 Å². The molecular weight excluding hydrogens is 364 g/mol. The number of fused-ring (bicyclic) bond motifs is 1. The van der Waals surface area contributed by atoms with Gasteiger partial charge in [-0.3, -0.25) is 9.52 Å². The van der Waals surface area contributed by atoms with Crippen LogP contribution in [0.2, 0.25) is 5.02 Å². The van der Waals surface area contributed by atoms with E-state index in [9.17, 15) is 13.2 Å². The first kappa shape index (κ1) is 17.6. The number of benzene rings is 2. The fourth-order valence-electron chi connectivity index (χ4n) is 2.56. The lowest BCUT2D eigenvalue weighted by atomic mass is 10.2. The van der Waals surface area contributed by atoms with Gasteiger partial charge in [0, 0.05) is 11.6 Å². The zero-order valence-corrected chi connectivity index (χ0v) is 15.1. The molecule has 1 heterocycles. The van der Waals surface area contributed by atoms with Gasteiger partial charge >= 0.3 is 0 Å². The molecule has 3 rings (SSSR count). The van der Waals surface area contributed by atoms with Gasteiger partial charge in [0.15, 0.2) is 6.61 Å². The van der Waals surface area contributed by atoms with Gasteiger partial charge < -0.3 is 9.64 Å². The van der Waals surface area contributed by atoms with Crippen molar-refractivity contribution in [3.63, 3.8) is 0 Å². The second-order valence-electron chi connectivity index (χ2n) is 5.58. The highest BCUT2D eigenvalue weighted by atomic mass is 35.5. The first-order valence-corrected chi connectivity index (χ1v) is 9.62. The number of nitrogens with one attached hydrogen (secondary N) is 1. The molecule has 1 aliphatic rings. The summed E-state index contributed by atoms with van der Waals surface area (Å²) in [6.45, 7) is 2.50. The van der Waals surface area contributed by atoms with E-state index in [0.717, 1.165) is 6.42 Å². The quantitative estimate of drug-likeness (QED) is 0.863. The third-order valence-corrected chi connectivity index (χ3v) is 5.37. The van der Waals surface area contributed by atoms with Gasteiger partial charge in [0.1, 0.15) is 5.75 Å². The Kier molecular flexibility index (Phi) is 4.87. The van der Waals surface area contributed by atoms with E-state index in [1.54, 1.807) is 23.1 Å². The summed E-state index contributed by atoms with van der Waals surface area (Å²) >= 11 is 5.79. The van der Waals surface area contributed by atoms with Crippen LogP contribution in [0.5, 0.6) is 5.75 Å². The van der Waals surface area contributed by atoms with Gasteiger partial charge in [-0.1, -0.05) is 18.5 Å². The minimum atomic E-state index is -3.75. The molecule has 1 aliphatic heterocycles. The molecule has 0 bridgehead atoms. The molecule has 25 heavy (non-hydrogen) atoms. The predicted molar refractivity (Wildman–Crippen MR) is 96.8 cm³/mol. The molecular formula is C17H17ClN2O4S. The first-order chi connectivity index (χ1) is 11.9. The number of halogens is 1. The summed E-state index contributed by atoms with van der Waals surface area (Å²) in [6.07, 6.45) is 0.784. The summed E-state index contributed by atoms with van der Waals surface area (Å²) < 4.78 is 32.9. The van der Waals surface area contributed by atoms with Crippen LogP contribution in [0.4, 0.5) is 11.4 Å². The lowest BCUT2D eigenvalue weighted by Gasteiger charge is -2.29. The number of nitrogens with zero attached hydrogens (tertiary/aromatic N) is 1. The van der Waals surface area contributed by atoms with Crippen molar-refractivity contribution in [2.45, 2.75) is 18.2 Å². The molecule has 1 N–H and O–H groups in total. The molecule has 0 aromatic heterocycles. The van der Waals surface area contributed by atoms with Gasteiger partial charge in [-0.25, -0.2) is 8.42 Å². The molecule has 0 radical (unpaired) electrons. The fraction of sp³-hybridized carbons (Fsp3) is 0.235. The van der Waals surface area contributed by atoms with Gasteiger partial charge in [0.25, 0.3) is 15.9 Å². The molecule has 8 heteroatoms. The first-order valence-electron chi connectivity index (χ1n) is 7.76. The third-order valence-electron chi connectivity index (χ3n) is 3.73. The number of sulfonamides is 1. The van der Waals surface area contributed by atoms with Gasteiger partial charge in [0.2, 0.25) is 0 Å². The lowest BCUT2D eigenvalue weighted by molar-refractivity contribution is -0.121. The second kappa shape index (κ2) is 6.93. The van der Waals surface area contributed by atoms with E-state index in [1.165, 1.54) is 24.3 Å². The van der Waals surface area contributed by atoms with Crippen molar-refractivity contribution in [3.8, 4) is 5.75 Å². The summed E-state index contributed by atoms with van der Waals surface area (Å²) in [5.74, 6) is 0.412. The topological polar surface area (TPSA) is 75.7 Å². The van der Waals surface area contributed by atoms with Crippen LogP contribution in [0.1, 0.15) is 13.3 Å². The van der Waals surface area contributed by atoms with Crippen LogP contribution >= 0.6 is 11.6 Å². The minimum absolute atomic E-state index is 0.0111. The molecule has 0 aliphatic carbocycles. The standard InChI is InChI=1S/C17H17ClN2O4S/c1-2-9-20-15-10-13(5-8-16(15)24-11-17(20)21)19-25(22,23)14-6-3-12(18)4-7-14/h3-8,10,19H,2,9,11H2,1H3. The van der Waals surface area contributed by atoms with Crippen LogP contribution in [0.3, 0.4) is 0 Å². The number of ether oxygens (including phenoxy) is 1. The van der Waals surface area contributed by atoms with Crippen LogP contribution in [0.15, 0.2) is 47.4 Å². The monoisotopic (exact) mass is 380 g/mol. The van der Waals surface area contributed by atoms with E-state index >= 15 is 0 Å². The second-order valence-corrected chi connectivity index (χ2v) is 7.69. The van der Waals surface area contributed by atoms with E-state index in [4.69, 9.17) is 16.3 Å². The molecule has 0 spiro atoms. The molecule has 0 unspecified atom stereocenters. The maximum absolute atomic E-state index is 12.5. The zero-order chi connectivity index (χ0) is 18.0. The van der Waals surface area contributed by atoms with E-state index in [-0.39, 0.29) is 17.4 Å². The molecule has 0 saturated carbocycles. The third kappa shape index (κ3) is 3.72. The molecule has 0 saturated heterocycles. The van der Waals surface area contributed by atoms with Crippen LogP contribution < -0.4 is 14.4 Å². The van der Waals surface area contributed by atoms with Crippen molar-refractivity contribution in [1.29, 1.82) is 0 Å². The highest BCUT2D eigenvalue weighted by Gasteiger charge is 2.25. The van der Waals surface area contributed by atoms with Crippen LogP contribution in [0, 0.1) is 0 Å². The molecule has 132 valence electrons. The Morgan fingerprint density at radius 2 is 1.92 bits per heavy atom. The number of carbonyl (C=O) groups is 1. The Balaban J connectivity index is 1.91. The average molecular weight is 381 g/mol. The molecule has 0 atom stereocenters. The van der Waals surface area contributed by atoms with Gasteiger partial charge in [0.05, 0.1) is 16.3 Å². The highest BCUT2D eigenvalue weighted by Crippen LogP contribution is 2.35. The number of hydrogen-bond donors (Lipinski definition) is 1. The van der Waals surface area contributed by atoms with E-state index in [0.29, 0.717) is 28.7 Å². The molecule has 2 aromatic carbocycles. The maximum atomic E-state index is 12.5. The fourth-order valence-corrected chi connectivity index (χ4v) is 3.74. The van der Waals surface area contributed by atoms with Gasteiger partial charge in [-0.05, 0) is 48.9 Å². The van der Waals surface area contributed by atoms with Gasteiger partial charge in [-0.2, -0.15) is 0 Å². The summed E-state index contributed by atoms with van der Waals surface area (Å²) in [5, 5.41) is 0.457. The average Bonchev–Trinajstić information content (AvgIpc) is 2.58. The number of carbonyl (C=O) groups excluding carboxylic acids is 1. The summed E-state index contributed by atoms with van der Waals surface area (Å²) in [6, 6.07) is 10.8. The molecule has 0 fully saturated rings. The number of hydrogen-bond acceptors (Lipinski definition) is 4. The van der Waals surface area contributed by atoms with E-state index in [1.807, 2.05) is 6.92 Å². The Morgan fingerprint density at radius 3 is 2.60 bits per heavy atom. The van der Waals surface area contributed by atoms with Crippen molar-refractivity contribution >= 4 is 38.9 Å². The maximum Gasteiger partial charge on any atom is 0.265 e. The SMILES string of the molecule is CCCN1C(=O)COc2ccc(NS(=O)(=O)c3ccc(Cl)cc3)cc21. The lowest BCUT2D eigenvalue weighted by Crippen LogP contribution is -2.39. The van der Waals surface area contributed by atoms with Crippen molar-refractivity contribution in [3.05, 3.63) is 47.5 Å². The van der Waals surface area contributed by atoms with Crippen molar-refractivity contribution in [1.82, 2.24) is 0 Å². The minimum Gasteiger partial charge on any atom is -0.482 e. The van der Waals surface area contributed by atoms with Crippen molar-refractivity contribution in [2.75, 3.05) is 22.8 Å². The Bertz CT molecular complexity index is 897. The molecule has 6 nitrogen and oxygen atoms in total. The number of anilines is 2. The normalized spacial score (nSPS) is 14.0.